The van der Waals surface area contributed by atoms with Crippen LogP contribution < -0.4 is 0 Å². The number of hydrogen-bond acceptors (Lipinski definition) is 3. The van der Waals surface area contributed by atoms with Crippen LogP contribution in [-0.4, -0.2) is 23.8 Å². The number of carbonyl (C=O) groups excluding carboxylic acids is 2. The second-order valence-electron chi connectivity index (χ2n) is 4.12. The van der Waals surface area contributed by atoms with Crippen LogP contribution in [0.5, 0.6) is 0 Å². The van der Waals surface area contributed by atoms with Gasteiger partial charge in [-0.3, -0.25) is 4.79 Å². The lowest BCUT2D eigenvalue weighted by Crippen LogP contribution is -2.06. The number of nitrogens with one attached hydrogen (secondary N) is 1. The van der Waals surface area contributed by atoms with Gasteiger partial charge in [0, 0.05) is 5.56 Å². The van der Waals surface area contributed by atoms with E-state index in [2.05, 4.69) is 9.72 Å². The summed E-state index contributed by atoms with van der Waals surface area (Å²) in [7, 11) is 1.31. The number of aromatic nitrogens is 1. The van der Waals surface area contributed by atoms with E-state index in [9.17, 15) is 9.59 Å². The summed E-state index contributed by atoms with van der Waals surface area (Å²) in [6, 6.07) is 10.6. The highest BCUT2D eigenvalue weighted by Crippen LogP contribution is 2.17. The zero-order chi connectivity index (χ0) is 13.8. The number of aromatic amines is 1. The van der Waals surface area contributed by atoms with E-state index in [0.29, 0.717) is 23.4 Å². The molecule has 19 heavy (non-hydrogen) atoms. The lowest BCUT2D eigenvalue weighted by molar-refractivity contribution is 0.0595. The Balaban J connectivity index is 2.42. The molecule has 0 unspecified atom stereocenters. The molecule has 4 heteroatoms. The molecule has 0 aliphatic heterocycles. The Kier molecular flexibility index (Phi) is 3.80. The summed E-state index contributed by atoms with van der Waals surface area (Å²) in [6.07, 6.45) is 0.668. The number of ether oxygens (including phenoxy) is 1. The normalized spacial score (nSPS) is 10.2. The molecule has 0 bridgehead atoms. The van der Waals surface area contributed by atoms with Crippen LogP contribution in [0.4, 0.5) is 0 Å². The largest absolute Gasteiger partial charge is 0.464 e. The second-order valence-corrected chi connectivity index (χ2v) is 4.12. The molecule has 0 spiro atoms. The molecular formula is C15H15NO3. The monoisotopic (exact) mass is 257 g/mol. The van der Waals surface area contributed by atoms with Gasteiger partial charge in [-0.2, -0.15) is 0 Å². The van der Waals surface area contributed by atoms with Gasteiger partial charge in [0.25, 0.3) is 0 Å². The summed E-state index contributed by atoms with van der Waals surface area (Å²) >= 11 is 0. The second kappa shape index (κ2) is 5.52. The predicted octanol–water partition coefficient (Wildman–Crippen LogP) is 2.59. The number of rotatable bonds is 4. The third kappa shape index (κ3) is 2.57. The topological polar surface area (TPSA) is 59.2 Å². The van der Waals surface area contributed by atoms with Gasteiger partial charge in [0.15, 0.2) is 0 Å². The van der Waals surface area contributed by atoms with Crippen molar-refractivity contribution in [2.45, 2.75) is 13.3 Å². The van der Waals surface area contributed by atoms with E-state index < -0.39 is 5.97 Å². The van der Waals surface area contributed by atoms with Crippen molar-refractivity contribution in [3.63, 3.8) is 0 Å². The number of esters is 1. The van der Waals surface area contributed by atoms with Gasteiger partial charge < -0.3 is 9.72 Å². The summed E-state index contributed by atoms with van der Waals surface area (Å²) in [5, 5.41) is 0. The Morgan fingerprint density at radius 2 is 1.89 bits per heavy atom. The van der Waals surface area contributed by atoms with Gasteiger partial charge >= 0.3 is 5.97 Å². The van der Waals surface area contributed by atoms with Crippen molar-refractivity contribution in [2.75, 3.05) is 7.11 Å². The van der Waals surface area contributed by atoms with Crippen LogP contribution in [0, 0.1) is 0 Å². The maximum absolute atomic E-state index is 12.4. The number of H-pyrrole nitrogens is 1. The number of hydrogen-bond donors (Lipinski definition) is 1. The molecule has 1 aromatic carbocycles. The first-order chi connectivity index (χ1) is 9.17. The summed E-state index contributed by atoms with van der Waals surface area (Å²) < 4.78 is 4.65. The average Bonchev–Trinajstić information content (AvgIpc) is 2.90. The zero-order valence-electron chi connectivity index (χ0n) is 10.9. The average molecular weight is 257 g/mol. The molecule has 2 rings (SSSR count). The Hall–Kier alpha value is -2.36. The molecule has 1 aromatic heterocycles. The zero-order valence-corrected chi connectivity index (χ0v) is 10.9. The smallest absolute Gasteiger partial charge is 0.354 e. The molecule has 0 saturated carbocycles. The summed E-state index contributed by atoms with van der Waals surface area (Å²) in [5.41, 5.74) is 2.16. The van der Waals surface area contributed by atoms with Crippen molar-refractivity contribution in [1.82, 2.24) is 4.98 Å². The van der Waals surface area contributed by atoms with Crippen molar-refractivity contribution < 1.29 is 14.3 Å². The van der Waals surface area contributed by atoms with Gasteiger partial charge in [0.2, 0.25) is 5.78 Å². The highest BCUT2D eigenvalue weighted by molar-refractivity contribution is 6.09. The van der Waals surface area contributed by atoms with E-state index in [4.69, 9.17) is 0 Å². The Labute approximate surface area is 111 Å². The van der Waals surface area contributed by atoms with Crippen LogP contribution in [-0.2, 0) is 11.2 Å². The minimum Gasteiger partial charge on any atom is -0.464 e. The fraction of sp³-hybridized carbons (Fsp3) is 0.200. The van der Waals surface area contributed by atoms with E-state index in [0.717, 1.165) is 5.56 Å². The van der Waals surface area contributed by atoms with Gasteiger partial charge in [-0.15, -0.1) is 0 Å². The number of benzene rings is 1. The first-order valence-corrected chi connectivity index (χ1v) is 6.07. The van der Waals surface area contributed by atoms with Crippen LogP contribution in [0.15, 0.2) is 36.4 Å². The number of ketones is 1. The van der Waals surface area contributed by atoms with E-state index in [1.165, 1.54) is 7.11 Å². The van der Waals surface area contributed by atoms with Gasteiger partial charge in [-0.1, -0.05) is 37.3 Å². The Bertz CT molecular complexity index is 599. The van der Waals surface area contributed by atoms with E-state index in [1.54, 1.807) is 18.2 Å². The molecule has 0 fully saturated rings. The minimum absolute atomic E-state index is 0.118. The Morgan fingerprint density at radius 3 is 2.47 bits per heavy atom. The van der Waals surface area contributed by atoms with Gasteiger partial charge in [-0.05, 0) is 18.1 Å². The summed E-state index contributed by atoms with van der Waals surface area (Å²) in [4.78, 5) is 26.7. The summed E-state index contributed by atoms with van der Waals surface area (Å²) in [6.45, 7) is 1.94. The number of methoxy groups -OCH3 is 1. The number of aryl methyl sites for hydroxylation is 1. The third-order valence-corrected chi connectivity index (χ3v) is 2.95. The third-order valence-electron chi connectivity index (χ3n) is 2.95. The van der Waals surface area contributed by atoms with Crippen molar-refractivity contribution >= 4 is 11.8 Å². The minimum atomic E-state index is -0.471. The van der Waals surface area contributed by atoms with Crippen molar-refractivity contribution in [1.29, 1.82) is 0 Å². The van der Waals surface area contributed by atoms with Crippen LogP contribution in [0.1, 0.15) is 39.0 Å². The fourth-order valence-electron chi connectivity index (χ4n) is 1.93. The van der Waals surface area contributed by atoms with Crippen molar-refractivity contribution in [2.24, 2.45) is 0 Å². The molecule has 98 valence electrons. The molecule has 0 amide bonds. The van der Waals surface area contributed by atoms with Crippen molar-refractivity contribution in [3.8, 4) is 0 Å². The van der Waals surface area contributed by atoms with Crippen LogP contribution in [0.2, 0.25) is 0 Å². The molecule has 0 aliphatic rings. The van der Waals surface area contributed by atoms with Crippen LogP contribution in [0.3, 0.4) is 0 Å². The SMILES string of the molecule is CCc1cc(C(=O)OC)[nH]c1C(=O)c1ccccc1. The molecule has 2 aromatic rings. The van der Waals surface area contributed by atoms with Crippen LogP contribution in [0.25, 0.3) is 0 Å². The van der Waals surface area contributed by atoms with E-state index in [-0.39, 0.29) is 5.78 Å². The molecule has 0 radical (unpaired) electrons. The van der Waals surface area contributed by atoms with Gasteiger partial charge in [0.05, 0.1) is 12.8 Å². The predicted molar refractivity (Wildman–Crippen MR) is 71.4 cm³/mol. The van der Waals surface area contributed by atoms with Crippen LogP contribution >= 0.6 is 0 Å². The standard InChI is InChI=1S/C15H15NO3/c1-3-10-9-12(15(18)19-2)16-13(10)14(17)11-7-5-4-6-8-11/h4-9,16H,3H2,1-2H3. The lowest BCUT2D eigenvalue weighted by atomic mass is 10.0. The Morgan fingerprint density at radius 1 is 1.21 bits per heavy atom. The molecule has 0 atom stereocenters. The maximum atomic E-state index is 12.4. The van der Waals surface area contributed by atoms with Gasteiger partial charge in [0.1, 0.15) is 5.69 Å². The van der Waals surface area contributed by atoms with E-state index >= 15 is 0 Å². The van der Waals surface area contributed by atoms with Crippen molar-refractivity contribution in [3.05, 3.63) is 58.9 Å². The van der Waals surface area contributed by atoms with Gasteiger partial charge in [-0.25, -0.2) is 4.79 Å². The molecule has 1 heterocycles. The highest BCUT2D eigenvalue weighted by Gasteiger charge is 2.19. The molecule has 1 N–H and O–H groups in total. The molecule has 0 aliphatic carbocycles. The molecule has 0 saturated heterocycles. The number of carbonyl (C=O) groups is 2. The molecular weight excluding hydrogens is 242 g/mol. The maximum Gasteiger partial charge on any atom is 0.354 e. The quantitative estimate of drug-likeness (QED) is 0.676. The lowest BCUT2D eigenvalue weighted by Gasteiger charge is -2.01. The highest BCUT2D eigenvalue weighted by atomic mass is 16.5. The van der Waals surface area contributed by atoms with E-state index in [1.807, 2.05) is 25.1 Å². The molecule has 4 nitrogen and oxygen atoms in total. The first-order valence-electron chi connectivity index (χ1n) is 6.07. The fourth-order valence-corrected chi connectivity index (χ4v) is 1.93. The first kappa shape index (κ1) is 13.1. The summed E-state index contributed by atoms with van der Waals surface area (Å²) in [5.74, 6) is -0.589.